The van der Waals surface area contributed by atoms with Crippen molar-refractivity contribution in [2.45, 2.75) is 33.9 Å². The first-order chi connectivity index (χ1) is 9.04. The summed E-state index contributed by atoms with van der Waals surface area (Å²) in [4.78, 5) is 12.0. The molecule has 1 N–H and O–H groups in total. The van der Waals surface area contributed by atoms with Crippen molar-refractivity contribution in [3.63, 3.8) is 0 Å². The minimum Gasteiger partial charge on any atom is -0.348 e. The molecule has 2 aromatic rings. The van der Waals surface area contributed by atoms with Gasteiger partial charge in [0.05, 0.1) is 11.3 Å². The van der Waals surface area contributed by atoms with Crippen LogP contribution >= 0.6 is 22.9 Å². The second-order valence-electron chi connectivity index (χ2n) is 4.26. The van der Waals surface area contributed by atoms with Crippen molar-refractivity contribution in [1.29, 1.82) is 0 Å². The third-order valence-corrected chi connectivity index (χ3v) is 4.29. The Kier molecular flexibility index (Phi) is 4.27. The number of nitrogens with zero attached hydrogens (tertiary/aromatic N) is 2. The number of aromatic nitrogens is 2. The van der Waals surface area contributed by atoms with Crippen molar-refractivity contribution in [3.05, 3.63) is 38.3 Å². The van der Waals surface area contributed by atoms with Gasteiger partial charge < -0.3 is 5.32 Å². The molecule has 0 aliphatic carbocycles. The van der Waals surface area contributed by atoms with Crippen LogP contribution in [0.1, 0.15) is 34.2 Å². The lowest BCUT2D eigenvalue weighted by Gasteiger charge is -2.05. The van der Waals surface area contributed by atoms with Gasteiger partial charge in [-0.05, 0) is 32.2 Å². The number of thiophene rings is 1. The first-order valence-corrected chi connectivity index (χ1v) is 7.34. The Hall–Kier alpha value is -1.33. The highest BCUT2D eigenvalue weighted by Crippen LogP contribution is 2.22. The van der Waals surface area contributed by atoms with Crippen LogP contribution in [0, 0.1) is 13.8 Å². The number of amides is 1. The Morgan fingerprint density at radius 1 is 1.53 bits per heavy atom. The van der Waals surface area contributed by atoms with Crippen molar-refractivity contribution in [3.8, 4) is 0 Å². The summed E-state index contributed by atoms with van der Waals surface area (Å²) in [5.41, 5.74) is 3.65. The van der Waals surface area contributed by atoms with Gasteiger partial charge in [-0.3, -0.25) is 9.48 Å². The standard InChI is InChI=1S/C13H16ClN3OS/c1-4-17-9(3)11(8(2)16-17)7-15-13(18)10-5-6-19-12(10)14/h5-6H,4,7H2,1-3H3,(H,15,18). The van der Waals surface area contributed by atoms with Gasteiger partial charge in [0.25, 0.3) is 5.91 Å². The zero-order chi connectivity index (χ0) is 14.0. The quantitative estimate of drug-likeness (QED) is 0.942. The van der Waals surface area contributed by atoms with Gasteiger partial charge in [0.1, 0.15) is 4.34 Å². The Balaban J connectivity index is 2.09. The minimum atomic E-state index is -0.144. The monoisotopic (exact) mass is 297 g/mol. The van der Waals surface area contributed by atoms with Gasteiger partial charge in [0.2, 0.25) is 0 Å². The van der Waals surface area contributed by atoms with E-state index in [4.69, 9.17) is 11.6 Å². The van der Waals surface area contributed by atoms with Crippen molar-refractivity contribution in [2.24, 2.45) is 0 Å². The molecule has 0 aliphatic heterocycles. The van der Waals surface area contributed by atoms with Crippen molar-refractivity contribution < 1.29 is 4.79 Å². The van der Waals surface area contributed by atoms with E-state index in [1.54, 1.807) is 6.07 Å². The maximum absolute atomic E-state index is 12.0. The van der Waals surface area contributed by atoms with Crippen molar-refractivity contribution in [1.82, 2.24) is 15.1 Å². The summed E-state index contributed by atoms with van der Waals surface area (Å²) in [5.74, 6) is -0.144. The predicted molar refractivity (Wildman–Crippen MR) is 77.9 cm³/mol. The first-order valence-electron chi connectivity index (χ1n) is 6.08. The molecule has 1 amide bonds. The molecule has 2 heterocycles. The van der Waals surface area contributed by atoms with E-state index >= 15 is 0 Å². The number of carbonyl (C=O) groups excluding carboxylic acids is 1. The number of halogens is 1. The molecule has 0 saturated carbocycles. The molecule has 0 aromatic carbocycles. The van der Waals surface area contributed by atoms with Gasteiger partial charge in [0, 0.05) is 24.3 Å². The van der Waals surface area contributed by atoms with Crippen molar-refractivity contribution >= 4 is 28.8 Å². The van der Waals surface area contributed by atoms with E-state index in [-0.39, 0.29) is 5.91 Å². The van der Waals surface area contributed by atoms with Gasteiger partial charge in [-0.25, -0.2) is 0 Å². The van der Waals surface area contributed by atoms with E-state index in [1.165, 1.54) is 11.3 Å². The van der Waals surface area contributed by atoms with Gasteiger partial charge in [0.15, 0.2) is 0 Å². The van der Waals surface area contributed by atoms with Crippen LogP contribution in [-0.2, 0) is 13.1 Å². The molecule has 0 atom stereocenters. The van der Waals surface area contributed by atoms with Gasteiger partial charge in [-0.1, -0.05) is 11.6 Å². The number of nitrogens with one attached hydrogen (secondary N) is 1. The third-order valence-electron chi connectivity index (χ3n) is 3.12. The van der Waals surface area contributed by atoms with Crippen LogP contribution in [0.25, 0.3) is 0 Å². The fraction of sp³-hybridized carbons (Fsp3) is 0.385. The summed E-state index contributed by atoms with van der Waals surface area (Å²) in [5, 5.41) is 9.13. The van der Waals surface area contributed by atoms with Gasteiger partial charge in [-0.2, -0.15) is 5.10 Å². The lowest BCUT2D eigenvalue weighted by atomic mass is 10.2. The molecule has 4 nitrogen and oxygen atoms in total. The molecule has 0 radical (unpaired) electrons. The molecule has 2 rings (SSSR count). The summed E-state index contributed by atoms with van der Waals surface area (Å²) in [6.07, 6.45) is 0. The second-order valence-corrected chi connectivity index (χ2v) is 5.77. The maximum Gasteiger partial charge on any atom is 0.253 e. The van der Waals surface area contributed by atoms with Crippen LogP contribution in [-0.4, -0.2) is 15.7 Å². The minimum absolute atomic E-state index is 0.144. The zero-order valence-electron chi connectivity index (χ0n) is 11.2. The van der Waals surface area contributed by atoms with Crippen LogP contribution in [0.4, 0.5) is 0 Å². The molecule has 0 bridgehead atoms. The second kappa shape index (κ2) is 5.75. The highest BCUT2D eigenvalue weighted by Gasteiger charge is 2.14. The van der Waals surface area contributed by atoms with Crippen LogP contribution in [0.15, 0.2) is 11.4 Å². The summed E-state index contributed by atoms with van der Waals surface area (Å²) >= 11 is 7.30. The Bertz CT molecular complexity index is 603. The smallest absolute Gasteiger partial charge is 0.253 e. The van der Waals surface area contributed by atoms with E-state index in [0.717, 1.165) is 23.5 Å². The van der Waals surface area contributed by atoms with E-state index in [1.807, 2.05) is 30.8 Å². The third kappa shape index (κ3) is 2.82. The Morgan fingerprint density at radius 2 is 2.26 bits per heavy atom. The lowest BCUT2D eigenvalue weighted by Crippen LogP contribution is -2.23. The molecule has 6 heteroatoms. The summed E-state index contributed by atoms with van der Waals surface area (Å²) in [7, 11) is 0. The lowest BCUT2D eigenvalue weighted by molar-refractivity contribution is 0.0951. The van der Waals surface area contributed by atoms with E-state index in [9.17, 15) is 4.79 Å². The average molecular weight is 298 g/mol. The largest absolute Gasteiger partial charge is 0.348 e. The molecule has 0 unspecified atom stereocenters. The van der Waals surface area contributed by atoms with E-state index < -0.39 is 0 Å². The fourth-order valence-corrected chi connectivity index (χ4v) is 2.93. The molecule has 2 aromatic heterocycles. The fourth-order valence-electron chi connectivity index (χ4n) is 2.02. The topological polar surface area (TPSA) is 46.9 Å². The molecule has 19 heavy (non-hydrogen) atoms. The number of rotatable bonds is 4. The number of aryl methyl sites for hydroxylation is 2. The summed E-state index contributed by atoms with van der Waals surface area (Å²) in [6.45, 7) is 7.33. The molecule has 0 fully saturated rings. The SMILES string of the molecule is CCn1nc(C)c(CNC(=O)c2ccsc2Cl)c1C. The van der Waals surface area contributed by atoms with Crippen LogP contribution in [0.3, 0.4) is 0 Å². The first kappa shape index (κ1) is 14.1. The van der Waals surface area contributed by atoms with Crippen LogP contribution in [0.5, 0.6) is 0 Å². The summed E-state index contributed by atoms with van der Waals surface area (Å²) < 4.78 is 2.46. The molecule has 0 saturated heterocycles. The molecule has 102 valence electrons. The molecular weight excluding hydrogens is 282 g/mol. The highest BCUT2D eigenvalue weighted by atomic mass is 35.5. The zero-order valence-corrected chi connectivity index (χ0v) is 12.7. The molecular formula is C13H16ClN3OS. The van der Waals surface area contributed by atoms with Gasteiger partial charge >= 0.3 is 0 Å². The predicted octanol–water partition coefficient (Wildman–Crippen LogP) is 3.16. The number of hydrogen-bond donors (Lipinski definition) is 1. The Morgan fingerprint density at radius 3 is 2.79 bits per heavy atom. The molecule has 0 aliphatic rings. The normalized spacial score (nSPS) is 10.7. The average Bonchev–Trinajstić information content (AvgIpc) is 2.92. The summed E-state index contributed by atoms with van der Waals surface area (Å²) in [6, 6.07) is 1.73. The highest BCUT2D eigenvalue weighted by molar-refractivity contribution is 7.14. The number of hydrogen-bond acceptors (Lipinski definition) is 3. The van der Waals surface area contributed by atoms with E-state index in [2.05, 4.69) is 10.4 Å². The van der Waals surface area contributed by atoms with Crippen LogP contribution < -0.4 is 5.32 Å². The van der Waals surface area contributed by atoms with Gasteiger partial charge in [-0.15, -0.1) is 11.3 Å². The Labute approximate surface area is 121 Å². The van der Waals surface area contributed by atoms with E-state index in [0.29, 0.717) is 16.4 Å². The molecule has 0 spiro atoms. The maximum atomic E-state index is 12.0. The van der Waals surface area contributed by atoms with Crippen LogP contribution in [0.2, 0.25) is 4.34 Å². The number of carbonyl (C=O) groups is 1. The van der Waals surface area contributed by atoms with Crippen molar-refractivity contribution in [2.75, 3.05) is 0 Å².